The minimum absolute atomic E-state index is 0.307. The van der Waals surface area contributed by atoms with Gasteiger partial charge in [-0.15, -0.1) is 0 Å². The predicted octanol–water partition coefficient (Wildman–Crippen LogP) is 2.76. The number of hydrogen-bond donors (Lipinski definition) is 2. The van der Waals surface area contributed by atoms with Crippen LogP contribution in [0.5, 0.6) is 0 Å². The normalized spacial score (nSPS) is 14.5. The first-order chi connectivity index (χ1) is 13.4. The topological polar surface area (TPSA) is 105 Å². The Morgan fingerprint density at radius 3 is 2.64 bits per heavy atom. The van der Waals surface area contributed by atoms with Crippen molar-refractivity contribution in [1.82, 2.24) is 15.2 Å². The van der Waals surface area contributed by atoms with Crippen molar-refractivity contribution in [2.75, 3.05) is 5.32 Å². The number of amides is 1. The van der Waals surface area contributed by atoms with E-state index in [1.807, 2.05) is 24.3 Å². The number of para-hydroxylation sites is 1. The number of nitrogens with zero attached hydrogens (tertiary/aromatic N) is 2. The Hall–Kier alpha value is -3.00. The monoisotopic (exact) mass is 396 g/mol. The molecule has 0 aliphatic heterocycles. The van der Waals surface area contributed by atoms with E-state index in [2.05, 4.69) is 20.5 Å². The van der Waals surface area contributed by atoms with Crippen molar-refractivity contribution < 1.29 is 13.2 Å². The van der Waals surface area contributed by atoms with E-state index >= 15 is 0 Å². The molecular weight excluding hydrogens is 376 g/mol. The van der Waals surface area contributed by atoms with E-state index in [4.69, 9.17) is 0 Å². The molecular formula is C20H20N4O3S. The van der Waals surface area contributed by atoms with Gasteiger partial charge in [0.05, 0.1) is 0 Å². The van der Waals surface area contributed by atoms with Crippen LogP contribution in [-0.4, -0.2) is 34.8 Å². The van der Waals surface area contributed by atoms with Gasteiger partial charge >= 0.3 is 0 Å². The van der Waals surface area contributed by atoms with Gasteiger partial charge in [0.15, 0.2) is 5.82 Å². The number of anilines is 1. The van der Waals surface area contributed by atoms with Gasteiger partial charge in [-0.05, 0) is 55.5 Å². The Morgan fingerprint density at radius 1 is 1.11 bits per heavy atom. The van der Waals surface area contributed by atoms with Crippen molar-refractivity contribution in [3.05, 3.63) is 59.7 Å². The molecule has 0 fully saturated rings. The minimum atomic E-state index is -4.00. The second-order valence-electron chi connectivity index (χ2n) is 6.84. The standard InChI is InChI=1S/C20H20N4O3S/c1-13(19(25)21-17-8-3-2-4-9-17)28(26,27)20-22-18(23-24-20)16-11-10-14-6-5-7-15(14)12-16/h2-4,8-13H,5-7H2,1H3,(H,21,25)(H,22,23,24). The molecule has 0 saturated heterocycles. The molecule has 1 unspecified atom stereocenters. The average Bonchev–Trinajstić information content (AvgIpc) is 3.37. The van der Waals surface area contributed by atoms with Gasteiger partial charge in [0.25, 0.3) is 0 Å². The fraction of sp³-hybridized carbons (Fsp3) is 0.250. The Morgan fingerprint density at radius 2 is 1.86 bits per heavy atom. The number of fused-ring (bicyclic) bond motifs is 1. The average molecular weight is 396 g/mol. The van der Waals surface area contributed by atoms with Crippen LogP contribution in [0.4, 0.5) is 5.69 Å². The second kappa shape index (κ2) is 7.20. The maximum Gasteiger partial charge on any atom is 0.244 e. The third-order valence-electron chi connectivity index (χ3n) is 4.97. The molecule has 0 saturated carbocycles. The summed E-state index contributed by atoms with van der Waals surface area (Å²) in [6, 6.07) is 14.7. The van der Waals surface area contributed by atoms with E-state index in [1.54, 1.807) is 24.3 Å². The molecule has 3 aromatic rings. The Balaban J connectivity index is 1.55. The number of aromatic amines is 1. The van der Waals surface area contributed by atoms with E-state index in [9.17, 15) is 13.2 Å². The van der Waals surface area contributed by atoms with Crippen LogP contribution in [-0.2, 0) is 27.5 Å². The summed E-state index contributed by atoms with van der Waals surface area (Å²) in [6.45, 7) is 1.34. The maximum atomic E-state index is 12.8. The molecule has 0 radical (unpaired) electrons. The molecule has 2 aromatic carbocycles. The number of carbonyl (C=O) groups excluding carboxylic acids is 1. The van der Waals surface area contributed by atoms with E-state index in [1.165, 1.54) is 18.1 Å². The highest BCUT2D eigenvalue weighted by molar-refractivity contribution is 7.92. The van der Waals surface area contributed by atoms with Crippen molar-refractivity contribution in [2.24, 2.45) is 0 Å². The number of carbonyl (C=O) groups is 1. The summed E-state index contributed by atoms with van der Waals surface area (Å²) in [5, 5.41) is 7.53. The van der Waals surface area contributed by atoms with Gasteiger partial charge in [0.2, 0.25) is 20.9 Å². The van der Waals surface area contributed by atoms with Gasteiger partial charge in [-0.25, -0.2) is 13.5 Å². The van der Waals surface area contributed by atoms with Crippen LogP contribution in [0.15, 0.2) is 53.7 Å². The maximum absolute atomic E-state index is 12.8. The molecule has 7 nitrogen and oxygen atoms in total. The Labute approximate surface area is 163 Å². The molecule has 0 bridgehead atoms. The minimum Gasteiger partial charge on any atom is -0.325 e. The van der Waals surface area contributed by atoms with Gasteiger partial charge in [-0.3, -0.25) is 4.79 Å². The van der Waals surface area contributed by atoms with Crippen LogP contribution in [0.2, 0.25) is 0 Å². The van der Waals surface area contributed by atoms with E-state index < -0.39 is 21.0 Å². The number of aromatic nitrogens is 3. The lowest BCUT2D eigenvalue weighted by Gasteiger charge is -2.11. The number of benzene rings is 2. The number of H-pyrrole nitrogens is 1. The van der Waals surface area contributed by atoms with Crippen LogP contribution in [0.3, 0.4) is 0 Å². The zero-order chi connectivity index (χ0) is 19.7. The van der Waals surface area contributed by atoms with Crippen molar-refractivity contribution in [3.8, 4) is 11.4 Å². The summed E-state index contributed by atoms with van der Waals surface area (Å²) in [5.74, 6) is -0.314. The molecule has 4 rings (SSSR count). The van der Waals surface area contributed by atoms with Crippen LogP contribution < -0.4 is 5.32 Å². The molecule has 28 heavy (non-hydrogen) atoms. The number of sulfone groups is 1. The Kier molecular flexibility index (Phi) is 4.72. The summed E-state index contributed by atoms with van der Waals surface area (Å²) in [7, 11) is -4.00. The highest BCUT2D eigenvalue weighted by atomic mass is 32.2. The summed E-state index contributed by atoms with van der Waals surface area (Å²) in [6.07, 6.45) is 3.20. The zero-order valence-electron chi connectivity index (χ0n) is 15.3. The summed E-state index contributed by atoms with van der Waals surface area (Å²) in [5.41, 5.74) is 3.87. The first-order valence-electron chi connectivity index (χ1n) is 9.09. The second-order valence-corrected chi connectivity index (χ2v) is 9.03. The van der Waals surface area contributed by atoms with Crippen molar-refractivity contribution in [1.29, 1.82) is 0 Å². The summed E-state index contributed by atoms with van der Waals surface area (Å²) < 4.78 is 25.6. The summed E-state index contributed by atoms with van der Waals surface area (Å²) in [4.78, 5) is 16.5. The van der Waals surface area contributed by atoms with E-state index in [0.717, 1.165) is 24.8 Å². The fourth-order valence-corrected chi connectivity index (χ4v) is 4.35. The molecule has 8 heteroatoms. The number of nitrogens with one attached hydrogen (secondary N) is 2. The first-order valence-corrected chi connectivity index (χ1v) is 10.6. The molecule has 2 N–H and O–H groups in total. The molecule has 1 heterocycles. The van der Waals surface area contributed by atoms with Gasteiger partial charge in [-0.1, -0.05) is 30.3 Å². The number of aryl methyl sites for hydroxylation is 2. The quantitative estimate of drug-likeness (QED) is 0.690. The largest absolute Gasteiger partial charge is 0.325 e. The molecule has 1 aliphatic rings. The van der Waals surface area contributed by atoms with Crippen LogP contribution in [0, 0.1) is 0 Å². The zero-order valence-corrected chi connectivity index (χ0v) is 16.2. The van der Waals surface area contributed by atoms with Crippen molar-refractivity contribution >= 4 is 21.4 Å². The molecule has 1 atom stereocenters. The SMILES string of the molecule is CC(C(=O)Nc1ccccc1)S(=O)(=O)c1nc(-c2ccc3c(c2)CCC3)n[nH]1. The molecule has 144 valence electrons. The van der Waals surface area contributed by atoms with Gasteiger partial charge in [-0.2, -0.15) is 10.1 Å². The number of rotatable bonds is 5. The highest BCUT2D eigenvalue weighted by Crippen LogP contribution is 2.27. The van der Waals surface area contributed by atoms with Crippen LogP contribution in [0.25, 0.3) is 11.4 Å². The van der Waals surface area contributed by atoms with Gasteiger partial charge < -0.3 is 5.32 Å². The van der Waals surface area contributed by atoms with E-state index in [0.29, 0.717) is 11.5 Å². The lowest BCUT2D eigenvalue weighted by atomic mass is 10.1. The van der Waals surface area contributed by atoms with Crippen molar-refractivity contribution in [2.45, 2.75) is 36.6 Å². The first kappa shape index (κ1) is 18.4. The van der Waals surface area contributed by atoms with Crippen molar-refractivity contribution in [3.63, 3.8) is 0 Å². The summed E-state index contributed by atoms with van der Waals surface area (Å²) >= 11 is 0. The van der Waals surface area contributed by atoms with Gasteiger partial charge in [0.1, 0.15) is 5.25 Å². The lowest BCUT2D eigenvalue weighted by Crippen LogP contribution is -2.33. The number of hydrogen-bond acceptors (Lipinski definition) is 5. The molecule has 1 aromatic heterocycles. The third-order valence-corrected chi connectivity index (χ3v) is 6.83. The van der Waals surface area contributed by atoms with E-state index in [-0.39, 0.29) is 5.16 Å². The third kappa shape index (κ3) is 3.43. The predicted molar refractivity (Wildman–Crippen MR) is 106 cm³/mol. The molecule has 0 spiro atoms. The van der Waals surface area contributed by atoms with Crippen LogP contribution >= 0.6 is 0 Å². The highest BCUT2D eigenvalue weighted by Gasteiger charge is 2.33. The van der Waals surface area contributed by atoms with Crippen LogP contribution in [0.1, 0.15) is 24.5 Å². The molecule has 1 aliphatic carbocycles. The Bertz CT molecular complexity index is 1120. The smallest absolute Gasteiger partial charge is 0.244 e. The fourth-order valence-electron chi connectivity index (χ4n) is 3.29. The lowest BCUT2D eigenvalue weighted by molar-refractivity contribution is -0.115. The van der Waals surface area contributed by atoms with Gasteiger partial charge in [0, 0.05) is 11.3 Å². The molecule has 1 amide bonds.